The molecular formula is C10H11BrO3. The van der Waals surface area contributed by atoms with Gasteiger partial charge in [0.15, 0.2) is 10.8 Å². The summed E-state index contributed by atoms with van der Waals surface area (Å²) in [6.45, 7) is 3.62. The lowest BCUT2D eigenvalue weighted by atomic mass is 9.72. The summed E-state index contributed by atoms with van der Waals surface area (Å²) in [4.78, 5) is 23.1. The van der Waals surface area contributed by atoms with Crippen molar-refractivity contribution in [1.82, 2.24) is 0 Å². The van der Waals surface area contributed by atoms with Crippen LogP contribution in [0.15, 0.2) is 11.1 Å². The number of Topliss-reactive ketones (excluding diaryl/α,β-unsaturated/α-hetero) is 1. The summed E-state index contributed by atoms with van der Waals surface area (Å²) in [5, 5.41) is -0.413. The number of hydrogen-bond donors (Lipinski definition) is 0. The third-order valence-electron chi connectivity index (χ3n) is 3.16. The van der Waals surface area contributed by atoms with Crippen molar-refractivity contribution in [2.45, 2.75) is 31.7 Å². The van der Waals surface area contributed by atoms with Gasteiger partial charge in [0, 0.05) is 12.0 Å². The lowest BCUT2D eigenvalue weighted by molar-refractivity contribution is -0.146. The zero-order valence-electron chi connectivity index (χ0n) is 8.09. The molecule has 2 rings (SSSR count). The smallest absolute Gasteiger partial charge is 0.317 e. The van der Waals surface area contributed by atoms with Crippen LogP contribution in [0.25, 0.3) is 0 Å². The molecule has 14 heavy (non-hydrogen) atoms. The molecule has 2 aliphatic rings. The number of halogens is 1. The van der Waals surface area contributed by atoms with Gasteiger partial charge in [-0.25, -0.2) is 0 Å². The second-order valence-electron chi connectivity index (χ2n) is 4.02. The molecule has 0 aromatic carbocycles. The maximum absolute atomic E-state index is 11.6. The van der Waals surface area contributed by atoms with Crippen LogP contribution in [-0.4, -0.2) is 16.8 Å². The fourth-order valence-corrected chi connectivity index (χ4v) is 3.18. The second-order valence-corrected chi connectivity index (χ2v) is 4.85. The lowest BCUT2D eigenvalue weighted by Gasteiger charge is -2.27. The van der Waals surface area contributed by atoms with Crippen molar-refractivity contribution in [1.29, 1.82) is 0 Å². The van der Waals surface area contributed by atoms with Crippen molar-refractivity contribution in [3.05, 3.63) is 11.1 Å². The minimum absolute atomic E-state index is 0.125. The number of carbonyl (C=O) groups excluding carboxylic acids is 2. The molecule has 3 nitrogen and oxygen atoms in total. The maximum Gasteiger partial charge on any atom is 0.317 e. The summed E-state index contributed by atoms with van der Waals surface area (Å²) in [6, 6.07) is 0. The second kappa shape index (κ2) is 2.92. The van der Waals surface area contributed by atoms with Crippen LogP contribution < -0.4 is 0 Å². The van der Waals surface area contributed by atoms with Gasteiger partial charge in [0.05, 0.1) is 5.41 Å². The quantitative estimate of drug-likeness (QED) is 0.493. The number of cyclic esters (lactones) is 1. The Morgan fingerprint density at radius 1 is 1.50 bits per heavy atom. The van der Waals surface area contributed by atoms with Gasteiger partial charge >= 0.3 is 5.97 Å². The number of carbonyl (C=O) groups is 2. The molecule has 1 heterocycles. The average molecular weight is 259 g/mol. The van der Waals surface area contributed by atoms with Gasteiger partial charge in [-0.05, 0) is 41.8 Å². The van der Waals surface area contributed by atoms with Gasteiger partial charge in [-0.1, -0.05) is 0 Å². The van der Waals surface area contributed by atoms with Gasteiger partial charge in [-0.2, -0.15) is 0 Å². The summed E-state index contributed by atoms with van der Waals surface area (Å²) < 4.78 is 5.10. The Labute approximate surface area is 90.6 Å². The van der Waals surface area contributed by atoms with Crippen molar-refractivity contribution < 1.29 is 14.3 Å². The molecule has 2 atom stereocenters. The van der Waals surface area contributed by atoms with E-state index in [-0.39, 0.29) is 11.8 Å². The van der Waals surface area contributed by atoms with E-state index in [4.69, 9.17) is 4.74 Å². The average Bonchev–Trinajstić information content (AvgIpc) is 2.33. The van der Waals surface area contributed by atoms with Crippen LogP contribution in [0.1, 0.15) is 26.7 Å². The third-order valence-corrected chi connectivity index (χ3v) is 3.80. The predicted molar refractivity (Wildman–Crippen MR) is 53.9 cm³/mol. The molecular weight excluding hydrogens is 248 g/mol. The van der Waals surface area contributed by atoms with Crippen LogP contribution >= 0.6 is 15.9 Å². The molecule has 76 valence electrons. The summed E-state index contributed by atoms with van der Waals surface area (Å²) in [5.74, 6) is -0.0959. The molecule has 1 aliphatic carbocycles. The first-order chi connectivity index (χ1) is 6.47. The standard InChI is InChI=1S/C10H11BrO3/c1-5-6(12)3-4-10(2)7(5)8(11)14-9(10)13/h8H,3-4H2,1-2H3. The molecule has 2 unspecified atom stereocenters. The highest BCUT2D eigenvalue weighted by Gasteiger charge is 2.52. The molecule has 0 saturated carbocycles. The van der Waals surface area contributed by atoms with Crippen LogP contribution in [0.3, 0.4) is 0 Å². The minimum atomic E-state index is -0.577. The molecule has 0 bridgehead atoms. The van der Waals surface area contributed by atoms with Gasteiger partial charge in [-0.3, -0.25) is 9.59 Å². The van der Waals surface area contributed by atoms with Gasteiger partial charge in [-0.15, -0.1) is 0 Å². The van der Waals surface area contributed by atoms with E-state index < -0.39 is 10.4 Å². The van der Waals surface area contributed by atoms with Crippen LogP contribution in [0.5, 0.6) is 0 Å². The predicted octanol–water partition coefficient (Wildman–Crippen LogP) is 1.95. The Kier molecular flexibility index (Phi) is 2.07. The van der Waals surface area contributed by atoms with Crippen molar-refractivity contribution >= 4 is 27.7 Å². The Morgan fingerprint density at radius 3 is 2.79 bits per heavy atom. The van der Waals surface area contributed by atoms with Crippen molar-refractivity contribution in [2.24, 2.45) is 5.41 Å². The molecule has 0 radical (unpaired) electrons. The van der Waals surface area contributed by atoms with Crippen LogP contribution in [0.2, 0.25) is 0 Å². The summed E-state index contributed by atoms with van der Waals surface area (Å²) >= 11 is 3.27. The zero-order chi connectivity index (χ0) is 10.5. The number of hydrogen-bond acceptors (Lipinski definition) is 3. The topological polar surface area (TPSA) is 43.4 Å². The lowest BCUT2D eigenvalue weighted by Crippen LogP contribution is -2.30. The fraction of sp³-hybridized carbons (Fsp3) is 0.600. The van der Waals surface area contributed by atoms with E-state index in [1.165, 1.54) is 0 Å². The number of alkyl halides is 1. The molecule has 0 aromatic heterocycles. The Morgan fingerprint density at radius 2 is 2.14 bits per heavy atom. The molecule has 0 spiro atoms. The van der Waals surface area contributed by atoms with Crippen LogP contribution in [0, 0.1) is 5.41 Å². The number of fused-ring (bicyclic) bond motifs is 1. The van der Waals surface area contributed by atoms with E-state index in [2.05, 4.69) is 15.9 Å². The molecule has 1 aliphatic heterocycles. The Balaban J connectivity index is 2.59. The largest absolute Gasteiger partial charge is 0.445 e. The van der Waals surface area contributed by atoms with E-state index >= 15 is 0 Å². The first kappa shape index (κ1) is 9.90. The van der Waals surface area contributed by atoms with Crippen LogP contribution in [-0.2, 0) is 14.3 Å². The van der Waals surface area contributed by atoms with E-state index in [1.807, 2.05) is 6.92 Å². The first-order valence-corrected chi connectivity index (χ1v) is 5.48. The van der Waals surface area contributed by atoms with E-state index in [9.17, 15) is 9.59 Å². The van der Waals surface area contributed by atoms with Gasteiger partial charge in [0.25, 0.3) is 0 Å². The maximum atomic E-state index is 11.6. The van der Waals surface area contributed by atoms with Gasteiger partial charge in [0.1, 0.15) is 0 Å². The summed E-state index contributed by atoms with van der Waals surface area (Å²) in [6.07, 6.45) is 1.01. The highest BCUT2D eigenvalue weighted by molar-refractivity contribution is 9.09. The van der Waals surface area contributed by atoms with Crippen molar-refractivity contribution in [3.63, 3.8) is 0 Å². The van der Waals surface area contributed by atoms with Crippen LogP contribution in [0.4, 0.5) is 0 Å². The molecule has 1 saturated heterocycles. The molecule has 0 amide bonds. The summed E-state index contributed by atoms with van der Waals surface area (Å²) in [5.41, 5.74) is 0.928. The fourth-order valence-electron chi connectivity index (χ4n) is 2.17. The molecule has 1 fully saturated rings. The zero-order valence-corrected chi connectivity index (χ0v) is 9.68. The number of ketones is 1. The molecule has 0 aromatic rings. The number of allylic oxidation sites excluding steroid dienone is 1. The number of rotatable bonds is 0. The van der Waals surface area contributed by atoms with E-state index in [1.54, 1.807) is 6.92 Å². The minimum Gasteiger partial charge on any atom is -0.445 e. The molecule has 0 N–H and O–H groups in total. The van der Waals surface area contributed by atoms with E-state index in [0.29, 0.717) is 18.4 Å². The highest BCUT2D eigenvalue weighted by atomic mass is 79.9. The van der Waals surface area contributed by atoms with Crippen molar-refractivity contribution in [2.75, 3.05) is 0 Å². The van der Waals surface area contributed by atoms with Crippen molar-refractivity contribution in [3.8, 4) is 0 Å². The van der Waals surface area contributed by atoms with Gasteiger partial charge in [0.2, 0.25) is 0 Å². The molecule has 4 heteroatoms. The third kappa shape index (κ3) is 1.10. The number of esters is 1. The normalized spacial score (nSPS) is 37.2. The summed E-state index contributed by atoms with van der Waals surface area (Å²) in [7, 11) is 0. The highest BCUT2D eigenvalue weighted by Crippen LogP contribution is 2.49. The SMILES string of the molecule is CC1=C2C(Br)OC(=O)C2(C)CCC1=O. The number of ether oxygens (including phenoxy) is 1. The monoisotopic (exact) mass is 258 g/mol. The van der Waals surface area contributed by atoms with E-state index in [0.717, 1.165) is 5.57 Å². The Hall–Kier alpha value is -0.640. The van der Waals surface area contributed by atoms with Gasteiger partial charge < -0.3 is 4.74 Å². The Bertz CT molecular complexity index is 358. The first-order valence-electron chi connectivity index (χ1n) is 4.56.